The predicted octanol–water partition coefficient (Wildman–Crippen LogP) is 3.22. The minimum absolute atomic E-state index is 0.352. The molecule has 0 saturated carbocycles. The second-order valence-corrected chi connectivity index (χ2v) is 4.53. The lowest BCUT2D eigenvalue weighted by molar-refractivity contribution is 0.647. The van der Waals surface area contributed by atoms with Crippen molar-refractivity contribution in [1.29, 1.82) is 0 Å². The van der Waals surface area contributed by atoms with Crippen LogP contribution in [0.4, 0.5) is 3.89 Å². The number of hydrogen-bond donors (Lipinski definition) is 0. The molecule has 0 fully saturated rings. The summed E-state index contributed by atoms with van der Waals surface area (Å²) in [5.74, 6) is 0. The Kier molecular flexibility index (Phi) is 3.10. The highest BCUT2D eigenvalue weighted by Gasteiger charge is 2.16. The van der Waals surface area contributed by atoms with Crippen LogP contribution in [0, 0.1) is 34.6 Å². The third-order valence-corrected chi connectivity index (χ3v) is 4.03. The van der Waals surface area contributed by atoms with E-state index in [0.29, 0.717) is 4.90 Å². The van der Waals surface area contributed by atoms with Gasteiger partial charge in [-0.05, 0) is 62.4 Å². The maximum Gasteiger partial charge on any atom is 0.231 e. The fourth-order valence-corrected chi connectivity index (χ4v) is 2.49. The lowest BCUT2D eigenvalue weighted by atomic mass is 9.95. The lowest BCUT2D eigenvalue weighted by Crippen LogP contribution is -2.02. The Hall–Kier alpha value is -0.700. The predicted molar refractivity (Wildman–Crippen MR) is 57.6 cm³/mol. The molecule has 1 unspecified atom stereocenters. The summed E-state index contributed by atoms with van der Waals surface area (Å²) in [6.07, 6.45) is 0. The summed E-state index contributed by atoms with van der Waals surface area (Å²) in [6, 6.07) is 0. The topological polar surface area (TPSA) is 17.1 Å². The van der Waals surface area contributed by atoms with Gasteiger partial charge in [-0.25, -0.2) is 4.21 Å². The second kappa shape index (κ2) is 3.81. The van der Waals surface area contributed by atoms with Gasteiger partial charge in [0.15, 0.2) is 0 Å². The lowest BCUT2D eigenvalue weighted by Gasteiger charge is -2.15. The third-order valence-electron chi connectivity index (χ3n) is 3.09. The summed E-state index contributed by atoms with van der Waals surface area (Å²) < 4.78 is 23.9. The van der Waals surface area contributed by atoms with Crippen LogP contribution in [0.2, 0.25) is 0 Å². The van der Waals surface area contributed by atoms with Gasteiger partial charge in [-0.2, -0.15) is 0 Å². The molecule has 3 heteroatoms. The molecule has 0 amide bonds. The first-order chi connectivity index (χ1) is 6.37. The maximum atomic E-state index is 12.9. The summed E-state index contributed by atoms with van der Waals surface area (Å²) in [7, 11) is 0. The minimum Gasteiger partial charge on any atom is -0.219 e. The Labute approximate surface area is 87.1 Å². The van der Waals surface area contributed by atoms with Gasteiger partial charge in [0.2, 0.25) is 11.2 Å². The number of hydrogen-bond acceptors (Lipinski definition) is 1. The van der Waals surface area contributed by atoms with Gasteiger partial charge < -0.3 is 0 Å². The highest BCUT2D eigenvalue weighted by molar-refractivity contribution is 7.80. The summed E-state index contributed by atoms with van der Waals surface area (Å²) in [4.78, 5) is 0.352. The largest absolute Gasteiger partial charge is 0.231 e. The van der Waals surface area contributed by atoms with Crippen molar-refractivity contribution in [2.24, 2.45) is 0 Å². The molecule has 0 aromatic heterocycles. The van der Waals surface area contributed by atoms with Crippen molar-refractivity contribution >= 4 is 11.2 Å². The van der Waals surface area contributed by atoms with Crippen LogP contribution in [0.5, 0.6) is 0 Å². The van der Waals surface area contributed by atoms with Gasteiger partial charge in [-0.1, -0.05) is 0 Å². The molecular formula is C11H15FOS. The van der Waals surface area contributed by atoms with Gasteiger partial charge in [0.1, 0.15) is 0 Å². The molecule has 78 valence electrons. The first-order valence-corrected chi connectivity index (χ1v) is 5.58. The summed E-state index contributed by atoms with van der Waals surface area (Å²) in [5, 5.41) is 0. The number of rotatable bonds is 1. The average molecular weight is 214 g/mol. The zero-order valence-electron chi connectivity index (χ0n) is 9.19. The Bertz CT molecular complexity index is 381. The molecule has 0 saturated heterocycles. The van der Waals surface area contributed by atoms with Crippen LogP contribution in [0.1, 0.15) is 27.8 Å². The molecule has 0 radical (unpaired) electrons. The molecule has 0 bridgehead atoms. The van der Waals surface area contributed by atoms with E-state index in [2.05, 4.69) is 0 Å². The molecule has 1 rings (SSSR count). The fourth-order valence-electron chi connectivity index (χ4n) is 1.71. The van der Waals surface area contributed by atoms with Gasteiger partial charge in [0.25, 0.3) is 0 Å². The minimum atomic E-state index is -2.38. The number of benzene rings is 1. The van der Waals surface area contributed by atoms with Crippen molar-refractivity contribution in [2.75, 3.05) is 0 Å². The smallest absolute Gasteiger partial charge is 0.219 e. The maximum absolute atomic E-state index is 12.9. The van der Waals surface area contributed by atoms with Gasteiger partial charge in [0, 0.05) is 0 Å². The van der Waals surface area contributed by atoms with E-state index in [1.807, 2.05) is 34.6 Å². The van der Waals surface area contributed by atoms with Gasteiger partial charge in [0.05, 0.1) is 4.90 Å². The van der Waals surface area contributed by atoms with E-state index in [1.165, 1.54) is 0 Å². The van der Waals surface area contributed by atoms with Crippen molar-refractivity contribution in [3.8, 4) is 0 Å². The molecule has 0 heterocycles. The van der Waals surface area contributed by atoms with Crippen LogP contribution < -0.4 is 0 Å². The van der Waals surface area contributed by atoms with Gasteiger partial charge in [-0.15, -0.1) is 3.89 Å². The van der Waals surface area contributed by atoms with Crippen molar-refractivity contribution < 1.29 is 8.09 Å². The van der Waals surface area contributed by atoms with Gasteiger partial charge in [-0.3, -0.25) is 0 Å². The average Bonchev–Trinajstić information content (AvgIpc) is 2.11. The first kappa shape index (κ1) is 11.4. The van der Waals surface area contributed by atoms with Crippen LogP contribution in [0.3, 0.4) is 0 Å². The SMILES string of the molecule is Cc1c(C)c(C)c(S(=O)F)c(C)c1C. The molecule has 0 aliphatic rings. The standard InChI is InChI=1S/C11H15FOS/c1-6-7(2)9(4)11(14(12)13)10(5)8(6)3/h1-5H3. The molecule has 0 N–H and O–H groups in total. The zero-order chi connectivity index (χ0) is 11.0. The van der Waals surface area contributed by atoms with Crippen LogP contribution in [-0.4, -0.2) is 4.21 Å². The second-order valence-electron chi connectivity index (χ2n) is 3.68. The summed E-state index contributed by atoms with van der Waals surface area (Å²) in [5.41, 5.74) is 4.86. The highest BCUT2D eigenvalue weighted by Crippen LogP contribution is 2.28. The van der Waals surface area contributed by atoms with Crippen LogP contribution in [0.25, 0.3) is 0 Å². The van der Waals surface area contributed by atoms with Crippen molar-refractivity contribution in [3.63, 3.8) is 0 Å². The van der Waals surface area contributed by atoms with Crippen LogP contribution >= 0.6 is 0 Å². The molecule has 1 atom stereocenters. The molecule has 0 spiro atoms. The molecule has 1 aromatic carbocycles. The molecule has 0 aliphatic heterocycles. The Morgan fingerprint density at radius 3 is 1.36 bits per heavy atom. The Morgan fingerprint density at radius 1 is 0.786 bits per heavy atom. The van der Waals surface area contributed by atoms with E-state index in [0.717, 1.165) is 27.8 Å². The van der Waals surface area contributed by atoms with Gasteiger partial charge >= 0.3 is 0 Å². The Morgan fingerprint density at radius 2 is 1.07 bits per heavy atom. The van der Waals surface area contributed by atoms with E-state index >= 15 is 0 Å². The highest BCUT2D eigenvalue weighted by atomic mass is 32.2. The molecular weight excluding hydrogens is 199 g/mol. The van der Waals surface area contributed by atoms with E-state index in [4.69, 9.17) is 0 Å². The molecule has 0 aliphatic carbocycles. The normalized spacial score (nSPS) is 13.0. The van der Waals surface area contributed by atoms with Crippen molar-refractivity contribution in [1.82, 2.24) is 0 Å². The summed E-state index contributed by atoms with van der Waals surface area (Å²) >= 11 is -2.38. The number of halogens is 1. The first-order valence-electron chi connectivity index (χ1n) is 4.53. The molecule has 1 nitrogen and oxygen atoms in total. The van der Waals surface area contributed by atoms with E-state index < -0.39 is 11.2 Å². The fraction of sp³-hybridized carbons (Fsp3) is 0.455. The quantitative estimate of drug-likeness (QED) is 0.656. The summed E-state index contributed by atoms with van der Waals surface area (Å²) in [6.45, 7) is 9.53. The van der Waals surface area contributed by atoms with Crippen molar-refractivity contribution in [3.05, 3.63) is 27.8 Å². The zero-order valence-corrected chi connectivity index (χ0v) is 10.0. The van der Waals surface area contributed by atoms with E-state index in [-0.39, 0.29) is 0 Å². The van der Waals surface area contributed by atoms with Crippen LogP contribution in [0.15, 0.2) is 4.90 Å². The molecule has 1 aromatic rings. The van der Waals surface area contributed by atoms with Crippen molar-refractivity contribution in [2.45, 2.75) is 39.5 Å². The van der Waals surface area contributed by atoms with E-state index in [1.54, 1.807) is 0 Å². The monoisotopic (exact) mass is 214 g/mol. The van der Waals surface area contributed by atoms with Crippen LogP contribution in [-0.2, 0) is 11.2 Å². The third kappa shape index (κ3) is 1.61. The Balaban J connectivity index is 3.68. The van der Waals surface area contributed by atoms with E-state index in [9.17, 15) is 8.09 Å². The molecule has 14 heavy (non-hydrogen) atoms.